The molecule has 1 heterocycles. The lowest BCUT2D eigenvalue weighted by Gasteiger charge is -2.30. The number of furan rings is 1. The number of rotatable bonds is 6. The molecular formula is C13H19BrN2O. The smallest absolute Gasteiger partial charge is 0.136 e. The third-order valence-electron chi connectivity index (χ3n) is 3.75. The molecule has 3 nitrogen and oxygen atoms in total. The Labute approximate surface area is 110 Å². The summed E-state index contributed by atoms with van der Waals surface area (Å²) in [5, 5.41) is 0. The largest absolute Gasteiger partial charge is 0.466 e. The minimum atomic E-state index is 0.243. The molecule has 4 heteroatoms. The summed E-state index contributed by atoms with van der Waals surface area (Å²) in [5.41, 5.74) is 5.97. The lowest BCUT2D eigenvalue weighted by atomic mass is 10.1. The van der Waals surface area contributed by atoms with E-state index in [2.05, 4.69) is 20.8 Å². The van der Waals surface area contributed by atoms with Gasteiger partial charge in [-0.3, -0.25) is 4.90 Å². The van der Waals surface area contributed by atoms with Crippen molar-refractivity contribution in [3.8, 4) is 0 Å². The van der Waals surface area contributed by atoms with E-state index in [9.17, 15) is 0 Å². The first-order valence-corrected chi connectivity index (χ1v) is 7.27. The van der Waals surface area contributed by atoms with Crippen molar-refractivity contribution in [2.24, 2.45) is 11.7 Å². The van der Waals surface area contributed by atoms with Crippen molar-refractivity contribution in [3.63, 3.8) is 0 Å². The fourth-order valence-corrected chi connectivity index (χ4v) is 2.94. The number of nitrogens with zero attached hydrogens (tertiary/aromatic N) is 1. The highest BCUT2D eigenvalue weighted by Crippen LogP contribution is 2.40. The summed E-state index contributed by atoms with van der Waals surface area (Å²) in [4.78, 5) is 2.57. The van der Waals surface area contributed by atoms with Crippen LogP contribution in [0.4, 0.5) is 0 Å². The Morgan fingerprint density at radius 3 is 2.65 bits per heavy atom. The summed E-state index contributed by atoms with van der Waals surface area (Å²) in [7, 11) is 0. The molecule has 2 N–H and O–H groups in total. The summed E-state index contributed by atoms with van der Waals surface area (Å²) < 4.78 is 6.66. The van der Waals surface area contributed by atoms with Gasteiger partial charge < -0.3 is 10.2 Å². The molecular weight excluding hydrogens is 280 g/mol. The van der Waals surface area contributed by atoms with Crippen LogP contribution in [-0.2, 0) is 0 Å². The van der Waals surface area contributed by atoms with Gasteiger partial charge in [-0.25, -0.2) is 0 Å². The van der Waals surface area contributed by atoms with E-state index in [1.807, 2.05) is 6.07 Å². The highest BCUT2D eigenvalue weighted by molar-refractivity contribution is 9.10. The molecule has 0 aromatic carbocycles. The Bertz CT molecular complexity index is 385. The highest BCUT2D eigenvalue weighted by Gasteiger charge is 2.39. The lowest BCUT2D eigenvalue weighted by molar-refractivity contribution is 0.161. The maximum atomic E-state index is 5.97. The molecule has 2 saturated carbocycles. The monoisotopic (exact) mass is 298 g/mol. The van der Waals surface area contributed by atoms with E-state index >= 15 is 0 Å². The van der Waals surface area contributed by atoms with Crippen molar-refractivity contribution in [2.45, 2.75) is 37.8 Å². The number of hydrogen-bond acceptors (Lipinski definition) is 3. The van der Waals surface area contributed by atoms with Gasteiger partial charge in [0.1, 0.15) is 5.76 Å². The molecule has 17 heavy (non-hydrogen) atoms. The van der Waals surface area contributed by atoms with Gasteiger partial charge in [-0.1, -0.05) is 0 Å². The molecule has 1 aromatic heterocycles. The molecule has 0 aliphatic heterocycles. The van der Waals surface area contributed by atoms with Crippen LogP contribution in [0.1, 0.15) is 37.5 Å². The Balaban J connectivity index is 1.78. The first kappa shape index (κ1) is 11.8. The van der Waals surface area contributed by atoms with Crippen molar-refractivity contribution in [1.29, 1.82) is 0 Å². The minimum Gasteiger partial charge on any atom is -0.466 e. The van der Waals surface area contributed by atoms with Crippen LogP contribution >= 0.6 is 15.9 Å². The topological polar surface area (TPSA) is 42.4 Å². The van der Waals surface area contributed by atoms with E-state index in [0.717, 1.165) is 22.2 Å². The molecule has 2 fully saturated rings. The quantitative estimate of drug-likeness (QED) is 0.878. The van der Waals surface area contributed by atoms with Gasteiger partial charge in [0.2, 0.25) is 0 Å². The lowest BCUT2D eigenvalue weighted by Crippen LogP contribution is -2.37. The van der Waals surface area contributed by atoms with Gasteiger partial charge in [-0.05, 0) is 53.6 Å². The second-order valence-corrected chi connectivity index (χ2v) is 6.11. The Kier molecular flexibility index (Phi) is 3.28. The van der Waals surface area contributed by atoms with Crippen LogP contribution in [-0.4, -0.2) is 24.0 Å². The molecule has 94 valence electrons. The van der Waals surface area contributed by atoms with Crippen LogP contribution in [0.2, 0.25) is 0 Å². The SMILES string of the molecule is NCC(c1occc1Br)N(CC1CC1)C1CC1. The molecule has 2 aliphatic rings. The third-order valence-corrected chi connectivity index (χ3v) is 4.41. The normalized spacial score (nSPS) is 22.1. The number of halogens is 1. The maximum Gasteiger partial charge on any atom is 0.136 e. The molecule has 0 amide bonds. The van der Waals surface area contributed by atoms with Gasteiger partial charge >= 0.3 is 0 Å². The van der Waals surface area contributed by atoms with Gasteiger partial charge in [0.25, 0.3) is 0 Å². The standard InChI is InChI=1S/C13H19BrN2O/c14-11-5-6-17-13(11)12(7-15)16(10-3-4-10)8-9-1-2-9/h5-6,9-10,12H,1-4,7-8,15H2. The zero-order chi connectivity index (χ0) is 11.8. The fraction of sp³-hybridized carbons (Fsp3) is 0.692. The predicted octanol–water partition coefficient (Wildman–Crippen LogP) is 2.92. The van der Waals surface area contributed by atoms with Crippen molar-refractivity contribution in [1.82, 2.24) is 4.90 Å². The van der Waals surface area contributed by atoms with Crippen LogP contribution in [0, 0.1) is 5.92 Å². The number of nitrogens with two attached hydrogens (primary N) is 1. The van der Waals surface area contributed by atoms with Crippen LogP contribution < -0.4 is 5.73 Å². The number of hydrogen-bond donors (Lipinski definition) is 1. The predicted molar refractivity (Wildman–Crippen MR) is 70.7 cm³/mol. The Morgan fingerprint density at radius 2 is 2.18 bits per heavy atom. The van der Waals surface area contributed by atoms with Gasteiger partial charge in [-0.15, -0.1) is 0 Å². The van der Waals surface area contributed by atoms with Gasteiger partial charge in [0.15, 0.2) is 0 Å². The molecule has 0 radical (unpaired) electrons. The highest BCUT2D eigenvalue weighted by atomic mass is 79.9. The van der Waals surface area contributed by atoms with Crippen molar-refractivity contribution in [3.05, 3.63) is 22.6 Å². The Morgan fingerprint density at radius 1 is 1.41 bits per heavy atom. The minimum absolute atomic E-state index is 0.243. The summed E-state index contributed by atoms with van der Waals surface area (Å²) in [6.07, 6.45) is 7.16. The van der Waals surface area contributed by atoms with E-state index in [-0.39, 0.29) is 6.04 Å². The van der Waals surface area contributed by atoms with Crippen molar-refractivity contribution in [2.75, 3.05) is 13.1 Å². The molecule has 0 bridgehead atoms. The van der Waals surface area contributed by atoms with E-state index in [4.69, 9.17) is 10.2 Å². The zero-order valence-electron chi connectivity index (χ0n) is 9.94. The third kappa shape index (κ3) is 2.59. The molecule has 1 unspecified atom stereocenters. The summed E-state index contributed by atoms with van der Waals surface area (Å²) in [5.74, 6) is 1.90. The van der Waals surface area contributed by atoms with Crippen molar-refractivity contribution < 1.29 is 4.42 Å². The van der Waals surface area contributed by atoms with Gasteiger partial charge in [0, 0.05) is 19.1 Å². The van der Waals surface area contributed by atoms with Crippen LogP contribution in [0.5, 0.6) is 0 Å². The zero-order valence-corrected chi connectivity index (χ0v) is 11.5. The average Bonchev–Trinajstić information content (AvgIpc) is 3.21. The van der Waals surface area contributed by atoms with Crippen LogP contribution in [0.15, 0.2) is 21.2 Å². The van der Waals surface area contributed by atoms with Crippen LogP contribution in [0.25, 0.3) is 0 Å². The maximum absolute atomic E-state index is 5.97. The van der Waals surface area contributed by atoms with E-state index in [0.29, 0.717) is 6.54 Å². The van der Waals surface area contributed by atoms with Crippen molar-refractivity contribution >= 4 is 15.9 Å². The average molecular weight is 299 g/mol. The van der Waals surface area contributed by atoms with E-state index in [1.165, 1.54) is 32.2 Å². The van der Waals surface area contributed by atoms with Crippen LogP contribution in [0.3, 0.4) is 0 Å². The van der Waals surface area contributed by atoms with E-state index < -0.39 is 0 Å². The molecule has 1 aromatic rings. The first-order valence-electron chi connectivity index (χ1n) is 6.48. The summed E-state index contributed by atoms with van der Waals surface area (Å²) in [6.45, 7) is 1.83. The fourth-order valence-electron chi connectivity index (χ4n) is 2.47. The molecule has 2 aliphatic carbocycles. The van der Waals surface area contributed by atoms with Gasteiger partial charge in [-0.2, -0.15) is 0 Å². The molecule has 3 rings (SSSR count). The summed E-state index contributed by atoms with van der Waals surface area (Å²) >= 11 is 3.55. The van der Waals surface area contributed by atoms with E-state index in [1.54, 1.807) is 6.26 Å². The second kappa shape index (κ2) is 4.75. The Hall–Kier alpha value is -0.320. The summed E-state index contributed by atoms with van der Waals surface area (Å²) in [6, 6.07) is 2.94. The molecule has 0 saturated heterocycles. The molecule has 1 atom stereocenters. The molecule has 0 spiro atoms. The first-order chi connectivity index (χ1) is 8.29. The second-order valence-electron chi connectivity index (χ2n) is 5.26. The van der Waals surface area contributed by atoms with Gasteiger partial charge in [0.05, 0.1) is 16.8 Å².